The van der Waals surface area contributed by atoms with Crippen molar-refractivity contribution in [1.82, 2.24) is 15.1 Å². The van der Waals surface area contributed by atoms with Gasteiger partial charge in [-0.05, 0) is 25.4 Å². The molecule has 1 aliphatic rings. The van der Waals surface area contributed by atoms with Gasteiger partial charge in [0.25, 0.3) is 0 Å². The lowest BCUT2D eigenvalue weighted by atomic mass is 9.92. The Bertz CT molecular complexity index is 247. The number of rotatable bonds is 4. The molecule has 5 heteroatoms. The fraction of sp³-hybridized carbons (Fsp3) is 0.923. The summed E-state index contributed by atoms with van der Waals surface area (Å²) in [6.07, 6.45) is 1.12. The molecule has 1 rings (SSSR count). The first kappa shape index (κ1) is 17.7. The quantitative estimate of drug-likeness (QED) is 0.839. The molecular formula is C13H28ClN3O. The molecule has 1 N–H and O–H groups in total. The Kier molecular flexibility index (Phi) is 7.83. The van der Waals surface area contributed by atoms with Crippen molar-refractivity contribution in [3.8, 4) is 0 Å². The Morgan fingerprint density at radius 1 is 1.28 bits per heavy atom. The number of nitrogens with one attached hydrogen (secondary N) is 1. The van der Waals surface area contributed by atoms with Crippen LogP contribution in [0.4, 0.5) is 0 Å². The minimum Gasteiger partial charge on any atom is -0.339 e. The van der Waals surface area contributed by atoms with Gasteiger partial charge in [0, 0.05) is 26.2 Å². The molecule has 1 aliphatic heterocycles. The topological polar surface area (TPSA) is 35.6 Å². The van der Waals surface area contributed by atoms with Crippen LogP contribution in [-0.4, -0.2) is 62.0 Å². The Morgan fingerprint density at radius 2 is 1.83 bits per heavy atom. The van der Waals surface area contributed by atoms with Crippen LogP contribution < -0.4 is 5.32 Å². The summed E-state index contributed by atoms with van der Waals surface area (Å²) in [6.45, 7) is 11.8. The molecule has 0 aromatic rings. The predicted octanol–water partition coefficient (Wildman–Crippen LogP) is 1.21. The van der Waals surface area contributed by atoms with E-state index in [1.165, 1.54) is 0 Å². The Morgan fingerprint density at radius 3 is 2.33 bits per heavy atom. The minimum atomic E-state index is 0. The monoisotopic (exact) mass is 277 g/mol. The van der Waals surface area contributed by atoms with E-state index in [1.807, 2.05) is 11.9 Å². The van der Waals surface area contributed by atoms with Crippen molar-refractivity contribution in [3.63, 3.8) is 0 Å². The smallest absolute Gasteiger partial charge is 0.236 e. The molecular weight excluding hydrogens is 250 g/mol. The maximum absolute atomic E-state index is 12.0. The van der Waals surface area contributed by atoms with Gasteiger partial charge < -0.3 is 10.2 Å². The van der Waals surface area contributed by atoms with Crippen molar-refractivity contribution >= 4 is 18.3 Å². The molecule has 4 nitrogen and oxygen atoms in total. The second-order valence-corrected chi connectivity index (χ2v) is 6.18. The van der Waals surface area contributed by atoms with Gasteiger partial charge in [0.1, 0.15) is 0 Å². The van der Waals surface area contributed by atoms with Crippen molar-refractivity contribution in [3.05, 3.63) is 0 Å². The van der Waals surface area contributed by atoms with Crippen LogP contribution in [0.25, 0.3) is 0 Å². The van der Waals surface area contributed by atoms with Crippen LogP contribution in [0, 0.1) is 5.41 Å². The summed E-state index contributed by atoms with van der Waals surface area (Å²) >= 11 is 0. The average Bonchev–Trinajstić information content (AvgIpc) is 2.27. The number of carbonyl (C=O) groups is 1. The lowest BCUT2D eigenvalue weighted by Gasteiger charge is -2.30. The first-order valence-corrected chi connectivity index (χ1v) is 6.55. The number of likely N-dealkylation sites (N-methyl/N-ethyl adjacent to an activating group) is 1. The number of hydrogen-bond acceptors (Lipinski definition) is 3. The standard InChI is InChI=1S/C13H27N3O.ClH/c1-13(2,3)5-8-15(4)11-12(17)16-9-6-14-7-10-16;/h14H,5-11H2,1-4H3;1H. The lowest BCUT2D eigenvalue weighted by molar-refractivity contribution is -0.132. The molecule has 1 saturated heterocycles. The number of piperazine rings is 1. The van der Waals surface area contributed by atoms with Gasteiger partial charge in [0.15, 0.2) is 0 Å². The number of carbonyl (C=O) groups excluding carboxylic acids is 1. The second kappa shape index (κ2) is 7.97. The average molecular weight is 278 g/mol. The molecule has 0 aromatic heterocycles. The molecule has 0 aliphatic carbocycles. The largest absolute Gasteiger partial charge is 0.339 e. The van der Waals surface area contributed by atoms with Crippen LogP contribution in [-0.2, 0) is 4.79 Å². The zero-order valence-corrected chi connectivity index (χ0v) is 13.0. The molecule has 0 atom stereocenters. The highest BCUT2D eigenvalue weighted by molar-refractivity contribution is 5.85. The molecule has 0 aromatic carbocycles. The molecule has 0 bridgehead atoms. The van der Waals surface area contributed by atoms with E-state index in [2.05, 4.69) is 31.0 Å². The highest BCUT2D eigenvalue weighted by Gasteiger charge is 2.18. The van der Waals surface area contributed by atoms with E-state index in [-0.39, 0.29) is 18.3 Å². The number of nitrogens with zero attached hydrogens (tertiary/aromatic N) is 2. The van der Waals surface area contributed by atoms with Gasteiger partial charge in [-0.2, -0.15) is 0 Å². The molecule has 1 heterocycles. The van der Waals surface area contributed by atoms with Crippen LogP contribution >= 0.6 is 12.4 Å². The first-order chi connectivity index (χ1) is 7.88. The molecule has 0 unspecified atom stereocenters. The molecule has 0 spiro atoms. The first-order valence-electron chi connectivity index (χ1n) is 6.55. The third-order valence-electron chi connectivity index (χ3n) is 3.12. The van der Waals surface area contributed by atoms with E-state index >= 15 is 0 Å². The Balaban J connectivity index is 0.00000289. The number of hydrogen-bond donors (Lipinski definition) is 1. The minimum absolute atomic E-state index is 0. The van der Waals surface area contributed by atoms with E-state index in [0.29, 0.717) is 12.0 Å². The summed E-state index contributed by atoms with van der Waals surface area (Å²) < 4.78 is 0. The fourth-order valence-corrected chi connectivity index (χ4v) is 1.85. The van der Waals surface area contributed by atoms with Crippen LogP contribution in [0.15, 0.2) is 0 Å². The van der Waals surface area contributed by atoms with Crippen LogP contribution in [0.2, 0.25) is 0 Å². The summed E-state index contributed by atoms with van der Waals surface area (Å²) in [4.78, 5) is 16.1. The summed E-state index contributed by atoms with van der Waals surface area (Å²) in [7, 11) is 2.03. The molecule has 108 valence electrons. The Hall–Kier alpha value is -0.320. The van der Waals surface area contributed by atoms with Gasteiger partial charge in [-0.15, -0.1) is 12.4 Å². The van der Waals surface area contributed by atoms with Crippen molar-refractivity contribution in [2.75, 3.05) is 46.3 Å². The second-order valence-electron chi connectivity index (χ2n) is 6.18. The highest BCUT2D eigenvalue weighted by Crippen LogP contribution is 2.18. The van der Waals surface area contributed by atoms with Gasteiger partial charge in [-0.25, -0.2) is 0 Å². The van der Waals surface area contributed by atoms with E-state index in [4.69, 9.17) is 0 Å². The summed E-state index contributed by atoms with van der Waals surface area (Å²) in [6, 6.07) is 0. The van der Waals surface area contributed by atoms with Crippen LogP contribution in [0.3, 0.4) is 0 Å². The zero-order valence-electron chi connectivity index (χ0n) is 12.2. The maximum atomic E-state index is 12.0. The van der Waals surface area contributed by atoms with Gasteiger partial charge in [-0.3, -0.25) is 9.69 Å². The summed E-state index contributed by atoms with van der Waals surface area (Å²) in [5.41, 5.74) is 0.340. The van der Waals surface area contributed by atoms with E-state index in [0.717, 1.165) is 39.1 Å². The van der Waals surface area contributed by atoms with E-state index in [1.54, 1.807) is 0 Å². The molecule has 1 fully saturated rings. The number of halogens is 1. The van der Waals surface area contributed by atoms with Crippen molar-refractivity contribution < 1.29 is 4.79 Å². The van der Waals surface area contributed by atoms with Crippen molar-refractivity contribution in [2.24, 2.45) is 5.41 Å². The summed E-state index contributed by atoms with van der Waals surface area (Å²) in [5.74, 6) is 0.267. The fourth-order valence-electron chi connectivity index (χ4n) is 1.85. The van der Waals surface area contributed by atoms with Crippen LogP contribution in [0.5, 0.6) is 0 Å². The molecule has 0 radical (unpaired) electrons. The van der Waals surface area contributed by atoms with Gasteiger partial charge in [-0.1, -0.05) is 20.8 Å². The molecule has 0 saturated carbocycles. The highest BCUT2D eigenvalue weighted by atomic mass is 35.5. The maximum Gasteiger partial charge on any atom is 0.236 e. The Labute approximate surface area is 117 Å². The van der Waals surface area contributed by atoms with Crippen LogP contribution in [0.1, 0.15) is 27.2 Å². The predicted molar refractivity (Wildman–Crippen MR) is 78.3 cm³/mol. The molecule has 1 amide bonds. The van der Waals surface area contributed by atoms with Gasteiger partial charge in [0.2, 0.25) is 5.91 Å². The third kappa shape index (κ3) is 7.19. The summed E-state index contributed by atoms with van der Waals surface area (Å²) in [5, 5.41) is 3.26. The van der Waals surface area contributed by atoms with Gasteiger partial charge >= 0.3 is 0 Å². The number of amides is 1. The van der Waals surface area contributed by atoms with Crippen molar-refractivity contribution in [1.29, 1.82) is 0 Å². The van der Waals surface area contributed by atoms with E-state index < -0.39 is 0 Å². The third-order valence-corrected chi connectivity index (χ3v) is 3.12. The normalized spacial score (nSPS) is 16.6. The van der Waals surface area contributed by atoms with E-state index in [9.17, 15) is 4.79 Å². The van der Waals surface area contributed by atoms with Crippen molar-refractivity contribution in [2.45, 2.75) is 27.2 Å². The molecule has 18 heavy (non-hydrogen) atoms. The van der Waals surface area contributed by atoms with Gasteiger partial charge in [0.05, 0.1) is 6.54 Å². The SMILES string of the molecule is CN(CCC(C)(C)C)CC(=O)N1CCNCC1.Cl. The lowest BCUT2D eigenvalue weighted by Crippen LogP contribution is -2.49. The zero-order chi connectivity index (χ0) is 12.9.